The SMILES string of the molecule is CC1CS(=O)(=O)CCN1C(=O)C1NCCCC1(C)C. The molecule has 19 heavy (non-hydrogen) atoms. The van der Waals surface area contributed by atoms with Crippen molar-refractivity contribution in [1.29, 1.82) is 0 Å². The molecule has 2 unspecified atom stereocenters. The third kappa shape index (κ3) is 3.11. The molecule has 2 atom stereocenters. The highest BCUT2D eigenvalue weighted by atomic mass is 32.2. The number of hydrogen-bond donors (Lipinski definition) is 1. The minimum absolute atomic E-state index is 0.0621. The maximum Gasteiger partial charge on any atom is 0.240 e. The second-order valence-electron chi connectivity index (χ2n) is 6.47. The van der Waals surface area contributed by atoms with Crippen LogP contribution in [0.5, 0.6) is 0 Å². The first-order chi connectivity index (χ1) is 8.73. The number of carbonyl (C=O) groups excluding carboxylic acids is 1. The fourth-order valence-electron chi connectivity index (χ4n) is 3.12. The van der Waals surface area contributed by atoms with Gasteiger partial charge in [0.05, 0.1) is 17.5 Å². The topological polar surface area (TPSA) is 66.5 Å². The fraction of sp³-hybridized carbons (Fsp3) is 0.923. The van der Waals surface area contributed by atoms with Gasteiger partial charge in [0.25, 0.3) is 0 Å². The molecule has 0 spiro atoms. The van der Waals surface area contributed by atoms with E-state index in [0.29, 0.717) is 6.54 Å². The maximum atomic E-state index is 12.7. The molecule has 1 N–H and O–H groups in total. The minimum Gasteiger partial charge on any atom is -0.337 e. The smallest absolute Gasteiger partial charge is 0.240 e. The summed E-state index contributed by atoms with van der Waals surface area (Å²) in [7, 11) is -2.97. The molecule has 2 aliphatic rings. The van der Waals surface area contributed by atoms with Crippen molar-refractivity contribution in [3.05, 3.63) is 0 Å². The first-order valence-electron chi connectivity index (χ1n) is 6.97. The molecule has 5 nitrogen and oxygen atoms in total. The third-order valence-electron chi connectivity index (χ3n) is 4.33. The Kier molecular flexibility index (Phi) is 3.93. The average Bonchev–Trinajstić information content (AvgIpc) is 2.26. The molecule has 0 aromatic rings. The zero-order valence-electron chi connectivity index (χ0n) is 12.0. The van der Waals surface area contributed by atoms with E-state index in [4.69, 9.17) is 0 Å². The highest BCUT2D eigenvalue weighted by Gasteiger charge is 2.42. The van der Waals surface area contributed by atoms with Crippen molar-refractivity contribution in [2.45, 2.75) is 45.7 Å². The number of carbonyl (C=O) groups is 1. The summed E-state index contributed by atoms with van der Waals surface area (Å²) < 4.78 is 23.2. The Hall–Kier alpha value is -0.620. The van der Waals surface area contributed by atoms with Crippen molar-refractivity contribution in [2.24, 2.45) is 5.41 Å². The van der Waals surface area contributed by atoms with Gasteiger partial charge in [-0.15, -0.1) is 0 Å². The summed E-state index contributed by atoms with van der Waals surface area (Å²) in [6.45, 7) is 7.22. The molecule has 0 aliphatic carbocycles. The van der Waals surface area contributed by atoms with Crippen LogP contribution in [0.3, 0.4) is 0 Å². The van der Waals surface area contributed by atoms with Crippen molar-refractivity contribution >= 4 is 15.7 Å². The molecule has 2 aliphatic heterocycles. The highest BCUT2D eigenvalue weighted by molar-refractivity contribution is 7.91. The zero-order valence-corrected chi connectivity index (χ0v) is 12.8. The van der Waals surface area contributed by atoms with Crippen LogP contribution in [0.1, 0.15) is 33.6 Å². The second-order valence-corrected chi connectivity index (χ2v) is 8.70. The molecular formula is C13H24N2O3S. The second kappa shape index (κ2) is 5.05. The monoisotopic (exact) mass is 288 g/mol. The van der Waals surface area contributed by atoms with Gasteiger partial charge in [-0.3, -0.25) is 4.79 Å². The van der Waals surface area contributed by atoms with Gasteiger partial charge in [0.2, 0.25) is 5.91 Å². The van der Waals surface area contributed by atoms with Crippen molar-refractivity contribution in [2.75, 3.05) is 24.6 Å². The van der Waals surface area contributed by atoms with Crippen LogP contribution in [0.2, 0.25) is 0 Å². The van der Waals surface area contributed by atoms with Crippen LogP contribution in [0.15, 0.2) is 0 Å². The summed E-state index contributed by atoms with van der Waals surface area (Å²) in [5.41, 5.74) is -0.0641. The van der Waals surface area contributed by atoms with Gasteiger partial charge in [0, 0.05) is 12.6 Å². The first-order valence-corrected chi connectivity index (χ1v) is 8.79. The van der Waals surface area contributed by atoms with Gasteiger partial charge in [-0.25, -0.2) is 8.42 Å². The van der Waals surface area contributed by atoms with E-state index in [1.54, 1.807) is 4.90 Å². The van der Waals surface area contributed by atoms with Gasteiger partial charge in [-0.05, 0) is 31.7 Å². The van der Waals surface area contributed by atoms with E-state index in [2.05, 4.69) is 19.2 Å². The lowest BCUT2D eigenvalue weighted by atomic mass is 9.77. The summed E-state index contributed by atoms with van der Waals surface area (Å²) in [5.74, 6) is 0.245. The summed E-state index contributed by atoms with van der Waals surface area (Å²) in [6, 6.07) is -0.407. The van der Waals surface area contributed by atoms with Gasteiger partial charge in [-0.1, -0.05) is 13.8 Å². The largest absolute Gasteiger partial charge is 0.337 e. The van der Waals surface area contributed by atoms with Gasteiger partial charge < -0.3 is 10.2 Å². The molecule has 0 saturated carbocycles. The number of hydrogen-bond acceptors (Lipinski definition) is 4. The van der Waals surface area contributed by atoms with E-state index in [-0.39, 0.29) is 34.9 Å². The molecule has 0 aromatic carbocycles. The van der Waals surface area contributed by atoms with E-state index >= 15 is 0 Å². The maximum absolute atomic E-state index is 12.7. The third-order valence-corrected chi connectivity index (χ3v) is 6.12. The summed E-state index contributed by atoms with van der Waals surface area (Å²) >= 11 is 0. The van der Waals surface area contributed by atoms with Crippen LogP contribution < -0.4 is 5.32 Å². The van der Waals surface area contributed by atoms with Crippen molar-refractivity contribution in [3.63, 3.8) is 0 Å². The van der Waals surface area contributed by atoms with E-state index in [1.807, 2.05) is 6.92 Å². The Balaban J connectivity index is 2.11. The Morgan fingerprint density at radius 3 is 2.63 bits per heavy atom. The quantitative estimate of drug-likeness (QED) is 0.759. The summed E-state index contributed by atoms with van der Waals surface area (Å²) in [5, 5.41) is 3.31. The number of sulfone groups is 1. The summed E-state index contributed by atoms with van der Waals surface area (Å²) in [6.07, 6.45) is 2.11. The Bertz CT molecular complexity index is 459. The molecule has 2 saturated heterocycles. The van der Waals surface area contributed by atoms with E-state index in [1.165, 1.54) is 0 Å². The van der Waals surface area contributed by atoms with Crippen LogP contribution in [0.25, 0.3) is 0 Å². The number of nitrogens with zero attached hydrogens (tertiary/aromatic N) is 1. The average molecular weight is 288 g/mol. The first kappa shape index (κ1) is 14.8. The van der Waals surface area contributed by atoms with Gasteiger partial charge in [0.15, 0.2) is 9.84 Å². The standard InChI is InChI=1S/C13H24N2O3S/c1-10-9-19(17,18)8-7-15(10)12(16)11-13(2,3)5-4-6-14-11/h10-11,14H,4-9H2,1-3H3. The van der Waals surface area contributed by atoms with E-state index < -0.39 is 9.84 Å². The van der Waals surface area contributed by atoms with Crippen molar-refractivity contribution in [3.8, 4) is 0 Å². The van der Waals surface area contributed by atoms with E-state index in [0.717, 1.165) is 19.4 Å². The van der Waals surface area contributed by atoms with Crippen LogP contribution in [-0.4, -0.2) is 55.9 Å². The minimum atomic E-state index is -2.97. The zero-order chi connectivity index (χ0) is 14.3. The lowest BCUT2D eigenvalue weighted by Gasteiger charge is -2.43. The van der Waals surface area contributed by atoms with Crippen LogP contribution in [0, 0.1) is 5.41 Å². The molecule has 2 rings (SSSR count). The van der Waals surface area contributed by atoms with Crippen molar-refractivity contribution < 1.29 is 13.2 Å². The predicted octanol–water partition coefficient (Wildman–Crippen LogP) is 0.410. The normalized spacial score (nSPS) is 33.9. The lowest BCUT2D eigenvalue weighted by Crippen LogP contribution is -2.60. The molecule has 0 bridgehead atoms. The molecule has 0 radical (unpaired) electrons. The Morgan fingerprint density at radius 2 is 2.05 bits per heavy atom. The molecule has 1 amide bonds. The van der Waals surface area contributed by atoms with Crippen molar-refractivity contribution in [1.82, 2.24) is 10.2 Å². The van der Waals surface area contributed by atoms with Crippen LogP contribution in [-0.2, 0) is 14.6 Å². The van der Waals surface area contributed by atoms with Gasteiger partial charge in [0.1, 0.15) is 0 Å². The van der Waals surface area contributed by atoms with Gasteiger partial charge >= 0.3 is 0 Å². The number of nitrogens with one attached hydrogen (secondary N) is 1. The Morgan fingerprint density at radius 1 is 1.37 bits per heavy atom. The van der Waals surface area contributed by atoms with Crippen LogP contribution in [0.4, 0.5) is 0 Å². The molecule has 6 heteroatoms. The Labute approximate surface area is 115 Å². The lowest BCUT2D eigenvalue weighted by molar-refractivity contribution is -0.139. The number of rotatable bonds is 1. The number of piperidine rings is 1. The fourth-order valence-corrected chi connectivity index (χ4v) is 4.68. The number of amides is 1. The molecule has 2 heterocycles. The van der Waals surface area contributed by atoms with E-state index in [9.17, 15) is 13.2 Å². The van der Waals surface area contributed by atoms with Gasteiger partial charge in [-0.2, -0.15) is 0 Å². The predicted molar refractivity (Wildman–Crippen MR) is 74.6 cm³/mol. The summed E-state index contributed by atoms with van der Waals surface area (Å²) in [4.78, 5) is 14.4. The highest BCUT2D eigenvalue weighted by Crippen LogP contribution is 2.31. The molecular weight excluding hydrogens is 264 g/mol. The molecule has 110 valence electrons. The van der Waals surface area contributed by atoms with Crippen LogP contribution >= 0.6 is 0 Å². The molecule has 0 aromatic heterocycles. The molecule has 2 fully saturated rings.